The van der Waals surface area contributed by atoms with Crippen molar-refractivity contribution in [2.24, 2.45) is 4.99 Å². The molecule has 1 atom stereocenters. The second-order valence-electron chi connectivity index (χ2n) is 3.90. The SMILES string of the molecule is O=C(Cl)C1=CN2C=Cc3ccccc3C2N=C1. The molecule has 3 nitrogen and oxygen atoms in total. The maximum Gasteiger partial charge on any atom is 0.255 e. The van der Waals surface area contributed by atoms with Crippen LogP contribution in [-0.4, -0.2) is 16.4 Å². The molecule has 0 bridgehead atoms. The molecule has 0 saturated carbocycles. The van der Waals surface area contributed by atoms with Gasteiger partial charge in [-0.15, -0.1) is 0 Å². The average molecular weight is 245 g/mol. The standard InChI is InChI=1S/C13H9ClN2O/c14-12(17)10-7-15-13-11-4-2-1-3-9(11)5-6-16(13)8-10/h1-8,13H. The van der Waals surface area contributed by atoms with Gasteiger partial charge in [0.05, 0.1) is 5.57 Å². The van der Waals surface area contributed by atoms with Gasteiger partial charge in [-0.1, -0.05) is 24.3 Å². The Balaban J connectivity index is 2.04. The zero-order valence-electron chi connectivity index (χ0n) is 8.88. The van der Waals surface area contributed by atoms with Gasteiger partial charge in [-0.25, -0.2) is 0 Å². The molecule has 0 saturated heterocycles. The van der Waals surface area contributed by atoms with Crippen LogP contribution < -0.4 is 0 Å². The zero-order chi connectivity index (χ0) is 11.8. The second-order valence-corrected chi connectivity index (χ2v) is 4.25. The summed E-state index contributed by atoms with van der Waals surface area (Å²) in [5.74, 6) is 0. The number of halogens is 1. The van der Waals surface area contributed by atoms with Crippen molar-refractivity contribution in [3.63, 3.8) is 0 Å². The number of carbonyl (C=O) groups excluding carboxylic acids is 1. The first-order valence-electron chi connectivity index (χ1n) is 5.25. The molecular formula is C13H9ClN2O. The number of nitrogens with zero attached hydrogens (tertiary/aromatic N) is 2. The van der Waals surface area contributed by atoms with Gasteiger partial charge >= 0.3 is 0 Å². The van der Waals surface area contributed by atoms with Gasteiger partial charge < -0.3 is 4.90 Å². The molecule has 0 aliphatic carbocycles. The Bertz CT molecular complexity index is 575. The van der Waals surface area contributed by atoms with Crippen LogP contribution >= 0.6 is 11.6 Å². The molecular weight excluding hydrogens is 236 g/mol. The summed E-state index contributed by atoms with van der Waals surface area (Å²) in [6.45, 7) is 0. The summed E-state index contributed by atoms with van der Waals surface area (Å²) in [6.07, 6.45) is 7.07. The van der Waals surface area contributed by atoms with E-state index in [9.17, 15) is 4.79 Å². The lowest BCUT2D eigenvalue weighted by molar-refractivity contribution is -0.108. The number of allylic oxidation sites excluding steroid dienone is 1. The van der Waals surface area contributed by atoms with Crippen LogP contribution in [-0.2, 0) is 4.79 Å². The van der Waals surface area contributed by atoms with Gasteiger partial charge in [0.1, 0.15) is 0 Å². The molecule has 1 aromatic rings. The van der Waals surface area contributed by atoms with Crippen molar-refractivity contribution in [2.75, 3.05) is 0 Å². The fraction of sp³-hybridized carbons (Fsp3) is 0.0769. The zero-order valence-corrected chi connectivity index (χ0v) is 9.63. The predicted molar refractivity (Wildman–Crippen MR) is 67.5 cm³/mol. The molecule has 2 aliphatic rings. The van der Waals surface area contributed by atoms with Gasteiger partial charge in [0.25, 0.3) is 5.24 Å². The highest BCUT2D eigenvalue weighted by atomic mass is 35.5. The van der Waals surface area contributed by atoms with Crippen LogP contribution in [0.4, 0.5) is 0 Å². The van der Waals surface area contributed by atoms with Crippen molar-refractivity contribution in [3.05, 3.63) is 53.4 Å². The number of benzene rings is 1. The third kappa shape index (κ3) is 1.68. The summed E-state index contributed by atoms with van der Waals surface area (Å²) < 4.78 is 0. The highest BCUT2D eigenvalue weighted by Crippen LogP contribution is 2.33. The first kappa shape index (κ1) is 10.3. The fourth-order valence-corrected chi connectivity index (χ4v) is 2.12. The molecule has 0 N–H and O–H groups in total. The Labute approximate surface area is 104 Å². The largest absolute Gasteiger partial charge is 0.327 e. The van der Waals surface area contributed by atoms with Crippen molar-refractivity contribution in [1.82, 2.24) is 4.90 Å². The van der Waals surface area contributed by atoms with Crippen LogP contribution in [0.1, 0.15) is 17.3 Å². The van der Waals surface area contributed by atoms with E-state index in [1.807, 2.05) is 41.4 Å². The lowest BCUT2D eigenvalue weighted by atomic mass is 10.0. The van der Waals surface area contributed by atoms with Crippen LogP contribution in [0.15, 0.2) is 47.2 Å². The topological polar surface area (TPSA) is 32.7 Å². The molecule has 0 fully saturated rings. The van der Waals surface area contributed by atoms with Crippen molar-refractivity contribution in [2.45, 2.75) is 6.17 Å². The van der Waals surface area contributed by atoms with Crippen LogP contribution in [0.25, 0.3) is 6.08 Å². The quantitative estimate of drug-likeness (QED) is 0.712. The minimum Gasteiger partial charge on any atom is -0.327 e. The van der Waals surface area contributed by atoms with E-state index < -0.39 is 5.24 Å². The summed E-state index contributed by atoms with van der Waals surface area (Å²) >= 11 is 5.44. The van der Waals surface area contributed by atoms with E-state index in [1.165, 1.54) is 6.21 Å². The molecule has 1 unspecified atom stereocenters. The van der Waals surface area contributed by atoms with E-state index in [-0.39, 0.29) is 6.17 Å². The smallest absolute Gasteiger partial charge is 0.255 e. The van der Waals surface area contributed by atoms with Crippen LogP contribution in [0.3, 0.4) is 0 Å². The highest BCUT2D eigenvalue weighted by Gasteiger charge is 2.24. The summed E-state index contributed by atoms with van der Waals surface area (Å²) in [7, 11) is 0. The number of hydrogen-bond donors (Lipinski definition) is 0. The normalized spacial score (nSPS) is 20.6. The first-order valence-corrected chi connectivity index (χ1v) is 5.63. The van der Waals surface area contributed by atoms with Crippen LogP contribution in [0, 0.1) is 0 Å². The van der Waals surface area contributed by atoms with E-state index >= 15 is 0 Å². The minimum absolute atomic E-state index is 0.0871. The number of hydrogen-bond acceptors (Lipinski definition) is 3. The molecule has 0 radical (unpaired) electrons. The minimum atomic E-state index is -0.487. The Kier molecular flexibility index (Phi) is 2.34. The van der Waals surface area contributed by atoms with Crippen molar-refractivity contribution >= 4 is 29.1 Å². The van der Waals surface area contributed by atoms with E-state index in [1.54, 1.807) is 6.20 Å². The Morgan fingerprint density at radius 1 is 1.35 bits per heavy atom. The number of rotatable bonds is 1. The third-order valence-electron chi connectivity index (χ3n) is 2.85. The van der Waals surface area contributed by atoms with Crippen LogP contribution in [0.5, 0.6) is 0 Å². The second kappa shape index (κ2) is 3.86. The van der Waals surface area contributed by atoms with E-state index in [4.69, 9.17) is 11.6 Å². The molecule has 3 rings (SSSR count). The van der Waals surface area contributed by atoms with Gasteiger partial charge in [-0.05, 0) is 23.2 Å². The van der Waals surface area contributed by atoms with Gasteiger partial charge in [0.15, 0.2) is 6.17 Å². The molecule has 84 valence electrons. The fourth-order valence-electron chi connectivity index (χ4n) is 2.02. The lowest BCUT2D eigenvalue weighted by Gasteiger charge is -2.31. The summed E-state index contributed by atoms with van der Waals surface area (Å²) in [4.78, 5) is 17.3. The molecule has 4 heteroatoms. The predicted octanol–water partition coefficient (Wildman–Crippen LogP) is 2.71. The first-order chi connectivity index (χ1) is 8.25. The summed E-state index contributed by atoms with van der Waals surface area (Å²) in [6, 6.07) is 8.06. The summed E-state index contributed by atoms with van der Waals surface area (Å²) in [5, 5.41) is -0.487. The molecule has 0 amide bonds. The number of carbonyl (C=O) groups is 1. The van der Waals surface area contributed by atoms with Crippen molar-refractivity contribution in [1.29, 1.82) is 0 Å². The molecule has 0 aromatic heterocycles. The van der Waals surface area contributed by atoms with Gasteiger partial charge in [0, 0.05) is 24.2 Å². The third-order valence-corrected chi connectivity index (χ3v) is 3.07. The molecule has 2 heterocycles. The van der Waals surface area contributed by atoms with Crippen molar-refractivity contribution in [3.8, 4) is 0 Å². The monoisotopic (exact) mass is 244 g/mol. The Hall–Kier alpha value is -1.87. The number of fused-ring (bicyclic) bond motifs is 3. The summed E-state index contributed by atoms with van der Waals surface area (Å²) in [5.41, 5.74) is 2.69. The lowest BCUT2D eigenvalue weighted by Crippen LogP contribution is -2.24. The van der Waals surface area contributed by atoms with E-state index in [0.717, 1.165) is 11.1 Å². The maximum atomic E-state index is 11.1. The molecule has 2 aliphatic heterocycles. The highest BCUT2D eigenvalue weighted by molar-refractivity contribution is 6.70. The number of aliphatic imine (C=N–C) groups is 1. The maximum absolute atomic E-state index is 11.1. The molecule has 17 heavy (non-hydrogen) atoms. The van der Waals surface area contributed by atoms with E-state index in [2.05, 4.69) is 4.99 Å². The molecule has 0 spiro atoms. The average Bonchev–Trinajstić information content (AvgIpc) is 2.38. The van der Waals surface area contributed by atoms with Gasteiger partial charge in [-0.2, -0.15) is 0 Å². The Morgan fingerprint density at radius 3 is 3.00 bits per heavy atom. The Morgan fingerprint density at radius 2 is 2.18 bits per heavy atom. The van der Waals surface area contributed by atoms with Crippen molar-refractivity contribution < 1.29 is 4.79 Å². The molecule has 1 aromatic carbocycles. The van der Waals surface area contributed by atoms with Gasteiger partial charge in [-0.3, -0.25) is 9.79 Å². The van der Waals surface area contributed by atoms with E-state index in [0.29, 0.717) is 5.57 Å². The van der Waals surface area contributed by atoms with Crippen LogP contribution in [0.2, 0.25) is 0 Å². The van der Waals surface area contributed by atoms with Gasteiger partial charge in [0.2, 0.25) is 0 Å².